The Morgan fingerprint density at radius 3 is 2.61 bits per heavy atom. The average Bonchev–Trinajstić information content (AvgIpc) is 3.09. The number of allylic oxidation sites excluding steroid dienone is 1. The summed E-state index contributed by atoms with van der Waals surface area (Å²) in [5, 5.41) is 10.4. The van der Waals surface area contributed by atoms with Crippen LogP contribution in [0, 0.1) is 0 Å². The van der Waals surface area contributed by atoms with Crippen LogP contribution in [0.1, 0.15) is 11.4 Å². The molecule has 28 heavy (non-hydrogen) atoms. The third kappa shape index (κ3) is 5.01. The zero-order valence-electron chi connectivity index (χ0n) is 15.3. The van der Waals surface area contributed by atoms with E-state index in [1.807, 2.05) is 41.0 Å². The number of aromatic nitrogens is 3. The number of ether oxygens (including phenoxy) is 2. The smallest absolute Gasteiger partial charge is 0.191 e. The summed E-state index contributed by atoms with van der Waals surface area (Å²) >= 11 is 13.6. The highest BCUT2D eigenvalue weighted by Crippen LogP contribution is 2.29. The fraction of sp³-hybridized carbons (Fsp3) is 0.200. The minimum atomic E-state index is 0.272. The van der Waals surface area contributed by atoms with Gasteiger partial charge in [-0.2, -0.15) is 0 Å². The van der Waals surface area contributed by atoms with Gasteiger partial charge in [-0.15, -0.1) is 16.8 Å². The second-order valence-electron chi connectivity index (χ2n) is 5.77. The molecule has 2 aromatic carbocycles. The summed E-state index contributed by atoms with van der Waals surface area (Å²) in [6.07, 6.45) is 1.80. The quantitative estimate of drug-likeness (QED) is 0.321. The van der Waals surface area contributed by atoms with Gasteiger partial charge in [-0.1, -0.05) is 59.2 Å². The number of rotatable bonds is 9. The van der Waals surface area contributed by atoms with Crippen LogP contribution in [0.3, 0.4) is 0 Å². The molecule has 0 aliphatic carbocycles. The highest BCUT2D eigenvalue weighted by molar-refractivity contribution is 7.98. The Labute approximate surface area is 178 Å². The van der Waals surface area contributed by atoms with Crippen LogP contribution in [0.15, 0.2) is 60.3 Å². The number of halogens is 2. The maximum absolute atomic E-state index is 6.09. The summed E-state index contributed by atoms with van der Waals surface area (Å²) in [5.74, 6) is 2.73. The molecular formula is C20H19Cl2N3O2S. The van der Waals surface area contributed by atoms with E-state index >= 15 is 0 Å². The predicted octanol–water partition coefficient (Wildman–Crippen LogP) is 5.65. The molecule has 0 saturated heterocycles. The number of nitrogens with zero attached hydrogens (tertiary/aromatic N) is 3. The van der Waals surface area contributed by atoms with E-state index in [0.717, 1.165) is 10.7 Å². The van der Waals surface area contributed by atoms with Crippen LogP contribution in [0.25, 0.3) is 0 Å². The molecule has 146 valence electrons. The Balaban J connectivity index is 1.71. The lowest BCUT2D eigenvalue weighted by Gasteiger charge is -2.11. The van der Waals surface area contributed by atoms with Gasteiger partial charge in [0, 0.05) is 12.3 Å². The first-order valence-corrected chi connectivity index (χ1v) is 10.2. The lowest BCUT2D eigenvalue weighted by Crippen LogP contribution is -2.08. The first-order chi connectivity index (χ1) is 13.6. The van der Waals surface area contributed by atoms with Gasteiger partial charge in [0.2, 0.25) is 0 Å². The highest BCUT2D eigenvalue weighted by Gasteiger charge is 2.14. The van der Waals surface area contributed by atoms with Crippen LogP contribution in [0.5, 0.6) is 11.5 Å². The van der Waals surface area contributed by atoms with Gasteiger partial charge in [-0.25, -0.2) is 0 Å². The van der Waals surface area contributed by atoms with Gasteiger partial charge in [0.15, 0.2) is 22.5 Å². The van der Waals surface area contributed by atoms with Crippen molar-refractivity contribution in [3.63, 3.8) is 0 Å². The predicted molar refractivity (Wildman–Crippen MR) is 114 cm³/mol. The minimum absolute atomic E-state index is 0.272. The maximum Gasteiger partial charge on any atom is 0.191 e. The molecule has 0 unspecified atom stereocenters. The summed E-state index contributed by atoms with van der Waals surface area (Å²) < 4.78 is 13.2. The first-order valence-electron chi connectivity index (χ1n) is 8.48. The molecule has 8 heteroatoms. The number of benzene rings is 2. The van der Waals surface area contributed by atoms with Gasteiger partial charge in [-0.05, 0) is 29.8 Å². The van der Waals surface area contributed by atoms with Crippen LogP contribution in [0.4, 0.5) is 0 Å². The van der Waals surface area contributed by atoms with Crippen molar-refractivity contribution in [1.29, 1.82) is 0 Å². The zero-order chi connectivity index (χ0) is 19.9. The van der Waals surface area contributed by atoms with Crippen molar-refractivity contribution >= 4 is 35.0 Å². The standard InChI is InChI=1S/C20H19Cl2N3O2S/c1-3-10-25-19(12-27-18-7-5-4-6-17(18)26-2)23-24-20(25)28-13-14-8-9-15(21)16(22)11-14/h3-9,11H,1,10,12-13H2,2H3. The molecule has 1 heterocycles. The summed E-state index contributed by atoms with van der Waals surface area (Å²) in [4.78, 5) is 0. The molecule has 0 aliphatic heterocycles. The Morgan fingerprint density at radius 2 is 1.89 bits per heavy atom. The van der Waals surface area contributed by atoms with E-state index in [1.165, 1.54) is 0 Å². The monoisotopic (exact) mass is 435 g/mol. The van der Waals surface area contributed by atoms with Crippen molar-refractivity contribution in [2.24, 2.45) is 0 Å². The fourth-order valence-corrected chi connectivity index (χ4v) is 3.73. The van der Waals surface area contributed by atoms with Gasteiger partial charge in [0.1, 0.15) is 6.61 Å². The van der Waals surface area contributed by atoms with Crippen molar-refractivity contribution in [3.05, 3.63) is 76.6 Å². The number of methoxy groups -OCH3 is 1. The Kier molecular flexibility index (Phi) is 7.25. The summed E-state index contributed by atoms with van der Waals surface area (Å²) in [6, 6.07) is 13.1. The zero-order valence-corrected chi connectivity index (χ0v) is 17.6. The van der Waals surface area contributed by atoms with E-state index in [4.69, 9.17) is 32.7 Å². The van der Waals surface area contributed by atoms with Crippen molar-refractivity contribution < 1.29 is 9.47 Å². The van der Waals surface area contributed by atoms with E-state index in [1.54, 1.807) is 31.0 Å². The molecule has 3 rings (SSSR count). The summed E-state index contributed by atoms with van der Waals surface area (Å²) in [5.41, 5.74) is 1.05. The number of para-hydroxylation sites is 2. The van der Waals surface area contributed by atoms with E-state index in [2.05, 4.69) is 16.8 Å². The molecular weight excluding hydrogens is 417 g/mol. The van der Waals surface area contributed by atoms with Crippen LogP contribution >= 0.6 is 35.0 Å². The van der Waals surface area contributed by atoms with E-state index in [-0.39, 0.29) is 6.61 Å². The SMILES string of the molecule is C=CCn1c(COc2ccccc2OC)nnc1SCc1ccc(Cl)c(Cl)c1. The normalized spacial score (nSPS) is 10.7. The fourth-order valence-electron chi connectivity index (χ4n) is 2.50. The van der Waals surface area contributed by atoms with Gasteiger partial charge in [-0.3, -0.25) is 4.57 Å². The molecule has 0 fully saturated rings. The molecule has 5 nitrogen and oxygen atoms in total. The summed E-state index contributed by atoms with van der Waals surface area (Å²) in [7, 11) is 1.61. The third-order valence-corrected chi connectivity index (χ3v) is 5.66. The molecule has 0 radical (unpaired) electrons. The van der Waals surface area contributed by atoms with Crippen LogP contribution in [-0.2, 0) is 18.9 Å². The third-order valence-electron chi connectivity index (χ3n) is 3.88. The van der Waals surface area contributed by atoms with E-state index in [0.29, 0.717) is 39.7 Å². The van der Waals surface area contributed by atoms with Crippen molar-refractivity contribution in [3.8, 4) is 11.5 Å². The summed E-state index contributed by atoms with van der Waals surface area (Å²) in [6.45, 7) is 4.68. The lowest BCUT2D eigenvalue weighted by atomic mass is 10.2. The Morgan fingerprint density at radius 1 is 1.11 bits per heavy atom. The molecule has 0 N–H and O–H groups in total. The lowest BCUT2D eigenvalue weighted by molar-refractivity contribution is 0.271. The second-order valence-corrected chi connectivity index (χ2v) is 7.53. The minimum Gasteiger partial charge on any atom is -0.493 e. The second kappa shape index (κ2) is 9.87. The highest BCUT2D eigenvalue weighted by atomic mass is 35.5. The van der Waals surface area contributed by atoms with Gasteiger partial charge in [0.25, 0.3) is 0 Å². The van der Waals surface area contributed by atoms with E-state index in [9.17, 15) is 0 Å². The first kappa shape index (κ1) is 20.6. The van der Waals surface area contributed by atoms with Crippen LogP contribution in [0.2, 0.25) is 10.0 Å². The van der Waals surface area contributed by atoms with E-state index < -0.39 is 0 Å². The van der Waals surface area contributed by atoms with Gasteiger partial charge in [0.05, 0.1) is 17.2 Å². The molecule has 1 aromatic heterocycles. The van der Waals surface area contributed by atoms with Crippen LogP contribution < -0.4 is 9.47 Å². The maximum atomic E-state index is 6.09. The molecule has 0 aliphatic rings. The Hall–Kier alpha value is -2.15. The Bertz CT molecular complexity index is 962. The van der Waals surface area contributed by atoms with Crippen molar-refractivity contribution in [2.45, 2.75) is 24.1 Å². The molecule has 3 aromatic rings. The van der Waals surface area contributed by atoms with Gasteiger partial charge >= 0.3 is 0 Å². The topological polar surface area (TPSA) is 49.2 Å². The van der Waals surface area contributed by atoms with Gasteiger partial charge < -0.3 is 9.47 Å². The number of thioether (sulfide) groups is 1. The molecule has 0 spiro atoms. The number of hydrogen-bond donors (Lipinski definition) is 0. The molecule has 0 saturated carbocycles. The molecule has 0 bridgehead atoms. The largest absolute Gasteiger partial charge is 0.493 e. The number of hydrogen-bond acceptors (Lipinski definition) is 5. The molecule has 0 atom stereocenters. The molecule has 0 amide bonds. The van der Waals surface area contributed by atoms with Crippen molar-refractivity contribution in [1.82, 2.24) is 14.8 Å². The van der Waals surface area contributed by atoms with Crippen molar-refractivity contribution in [2.75, 3.05) is 7.11 Å². The van der Waals surface area contributed by atoms with Crippen LogP contribution in [-0.4, -0.2) is 21.9 Å². The average molecular weight is 436 g/mol.